The summed E-state index contributed by atoms with van der Waals surface area (Å²) in [6, 6.07) is 0.696. The van der Waals surface area contributed by atoms with Gasteiger partial charge in [-0.2, -0.15) is 0 Å². The van der Waals surface area contributed by atoms with Gasteiger partial charge in [-0.25, -0.2) is 5.01 Å². The highest BCUT2D eigenvalue weighted by Crippen LogP contribution is 2.21. The van der Waals surface area contributed by atoms with Gasteiger partial charge in [0, 0.05) is 19.1 Å². The first-order valence-electron chi connectivity index (χ1n) is 5.60. The van der Waals surface area contributed by atoms with Crippen LogP contribution in [0.1, 0.15) is 32.1 Å². The van der Waals surface area contributed by atoms with Gasteiger partial charge in [0.25, 0.3) is 0 Å². The summed E-state index contributed by atoms with van der Waals surface area (Å²) in [6.07, 6.45) is 10.6. The zero-order chi connectivity index (χ0) is 10.2. The highest BCUT2D eigenvalue weighted by atomic mass is 15.5. The molecule has 1 N–H and O–H groups in total. The Hall–Kier alpha value is -0.600. The number of hydrazine groups is 1. The summed E-state index contributed by atoms with van der Waals surface area (Å²) in [5.41, 5.74) is 3.38. The predicted molar refractivity (Wildman–Crippen MR) is 62.0 cm³/mol. The molecule has 1 rings (SSSR count). The second-order valence-electron chi connectivity index (χ2n) is 3.88. The molecule has 0 unspecified atom stereocenters. The van der Waals surface area contributed by atoms with Gasteiger partial charge in [0.2, 0.25) is 0 Å². The number of rotatable bonds is 6. The third-order valence-corrected chi connectivity index (χ3v) is 2.78. The molecular weight excluding hydrogens is 172 g/mol. The van der Waals surface area contributed by atoms with Crippen LogP contribution >= 0.6 is 0 Å². The largest absolute Gasteiger partial charge is 0.251 e. The quantitative estimate of drug-likeness (QED) is 0.516. The number of nitrogens with zero attached hydrogens (tertiary/aromatic N) is 1. The topological polar surface area (TPSA) is 15.3 Å². The molecule has 0 spiro atoms. The van der Waals surface area contributed by atoms with Crippen molar-refractivity contribution in [1.29, 1.82) is 0 Å². The van der Waals surface area contributed by atoms with Crippen LogP contribution in [-0.2, 0) is 0 Å². The van der Waals surface area contributed by atoms with E-state index in [1.165, 1.54) is 32.1 Å². The van der Waals surface area contributed by atoms with Crippen molar-refractivity contribution in [2.24, 2.45) is 0 Å². The minimum atomic E-state index is 0.696. The fourth-order valence-electron chi connectivity index (χ4n) is 2.06. The lowest BCUT2D eigenvalue weighted by atomic mass is 9.95. The average molecular weight is 194 g/mol. The smallest absolute Gasteiger partial charge is 0.0312 e. The summed E-state index contributed by atoms with van der Waals surface area (Å²) in [7, 11) is 0. The van der Waals surface area contributed by atoms with Crippen LogP contribution in [-0.4, -0.2) is 24.1 Å². The van der Waals surface area contributed by atoms with Gasteiger partial charge < -0.3 is 0 Å². The molecule has 0 aromatic heterocycles. The molecule has 1 aliphatic carbocycles. The van der Waals surface area contributed by atoms with E-state index in [4.69, 9.17) is 0 Å². The first-order chi connectivity index (χ1) is 6.88. The van der Waals surface area contributed by atoms with E-state index in [2.05, 4.69) is 23.6 Å². The van der Waals surface area contributed by atoms with Crippen molar-refractivity contribution in [3.8, 4) is 0 Å². The van der Waals surface area contributed by atoms with Crippen LogP contribution in [0.3, 0.4) is 0 Å². The monoisotopic (exact) mass is 194 g/mol. The van der Waals surface area contributed by atoms with Crippen molar-refractivity contribution in [2.75, 3.05) is 13.1 Å². The summed E-state index contributed by atoms with van der Waals surface area (Å²) >= 11 is 0. The van der Waals surface area contributed by atoms with E-state index in [0.717, 1.165) is 13.1 Å². The summed E-state index contributed by atoms with van der Waals surface area (Å²) in [4.78, 5) is 0. The molecule has 2 nitrogen and oxygen atoms in total. The van der Waals surface area contributed by atoms with Crippen molar-refractivity contribution in [2.45, 2.75) is 38.1 Å². The summed E-state index contributed by atoms with van der Waals surface area (Å²) in [5.74, 6) is 0. The Bertz CT molecular complexity index is 171. The van der Waals surface area contributed by atoms with E-state index in [9.17, 15) is 0 Å². The van der Waals surface area contributed by atoms with E-state index in [-0.39, 0.29) is 0 Å². The normalized spacial score (nSPS) is 18.4. The van der Waals surface area contributed by atoms with Gasteiger partial charge in [0.1, 0.15) is 0 Å². The third-order valence-electron chi connectivity index (χ3n) is 2.78. The maximum atomic E-state index is 3.80. The summed E-state index contributed by atoms with van der Waals surface area (Å²) in [5, 5.41) is 2.31. The molecule has 0 radical (unpaired) electrons. The number of hydrogen-bond acceptors (Lipinski definition) is 2. The number of hydrogen-bond donors (Lipinski definition) is 1. The lowest BCUT2D eigenvalue weighted by Crippen LogP contribution is -2.46. The maximum absolute atomic E-state index is 3.80. The van der Waals surface area contributed by atoms with Gasteiger partial charge >= 0.3 is 0 Å². The molecule has 1 fully saturated rings. The molecule has 1 saturated carbocycles. The lowest BCUT2D eigenvalue weighted by molar-refractivity contribution is 0.116. The zero-order valence-electron chi connectivity index (χ0n) is 9.04. The van der Waals surface area contributed by atoms with Gasteiger partial charge in [0.05, 0.1) is 0 Å². The molecule has 0 aromatic carbocycles. The van der Waals surface area contributed by atoms with E-state index in [1.54, 1.807) is 0 Å². The molecule has 0 aliphatic heterocycles. The van der Waals surface area contributed by atoms with Crippen LogP contribution < -0.4 is 5.43 Å². The molecule has 0 bridgehead atoms. The highest BCUT2D eigenvalue weighted by molar-refractivity contribution is 4.81. The van der Waals surface area contributed by atoms with Gasteiger partial charge in [-0.15, -0.1) is 13.2 Å². The van der Waals surface area contributed by atoms with Crippen LogP contribution in [0.15, 0.2) is 25.3 Å². The van der Waals surface area contributed by atoms with Gasteiger partial charge in [-0.3, -0.25) is 5.43 Å². The lowest BCUT2D eigenvalue weighted by Gasteiger charge is -2.33. The fraction of sp³-hybridized carbons (Fsp3) is 0.667. The van der Waals surface area contributed by atoms with Gasteiger partial charge in [-0.05, 0) is 12.8 Å². The molecule has 1 aliphatic rings. The van der Waals surface area contributed by atoms with E-state index >= 15 is 0 Å². The molecule has 0 atom stereocenters. The van der Waals surface area contributed by atoms with Gasteiger partial charge in [-0.1, -0.05) is 31.4 Å². The minimum absolute atomic E-state index is 0.696. The molecule has 0 heterocycles. The van der Waals surface area contributed by atoms with Crippen molar-refractivity contribution >= 4 is 0 Å². The molecule has 14 heavy (non-hydrogen) atoms. The molecule has 0 saturated heterocycles. The van der Waals surface area contributed by atoms with Crippen molar-refractivity contribution in [3.63, 3.8) is 0 Å². The minimum Gasteiger partial charge on any atom is -0.251 e. The predicted octanol–water partition coefficient (Wildman–Crippen LogP) is 2.50. The van der Waals surface area contributed by atoms with Gasteiger partial charge in [0.15, 0.2) is 0 Å². The van der Waals surface area contributed by atoms with Crippen LogP contribution in [0.5, 0.6) is 0 Å². The van der Waals surface area contributed by atoms with Crippen LogP contribution in [0.25, 0.3) is 0 Å². The Morgan fingerprint density at radius 1 is 1.14 bits per heavy atom. The van der Waals surface area contributed by atoms with E-state index in [1.807, 2.05) is 12.2 Å². The average Bonchev–Trinajstić information content (AvgIpc) is 2.25. The second kappa shape index (κ2) is 6.80. The first-order valence-corrected chi connectivity index (χ1v) is 5.60. The Kier molecular flexibility index (Phi) is 5.57. The SMILES string of the molecule is C=CCNN(CC=C)C1CCCCC1. The van der Waals surface area contributed by atoms with Crippen LogP contribution in [0.2, 0.25) is 0 Å². The maximum Gasteiger partial charge on any atom is 0.0312 e. The Labute approximate surface area is 87.6 Å². The number of nitrogens with one attached hydrogen (secondary N) is 1. The summed E-state index contributed by atoms with van der Waals surface area (Å²) in [6.45, 7) is 9.30. The molecular formula is C12H22N2. The van der Waals surface area contributed by atoms with E-state index < -0.39 is 0 Å². The Morgan fingerprint density at radius 3 is 2.43 bits per heavy atom. The first kappa shape index (κ1) is 11.5. The van der Waals surface area contributed by atoms with Crippen molar-refractivity contribution in [1.82, 2.24) is 10.4 Å². The molecule has 80 valence electrons. The zero-order valence-corrected chi connectivity index (χ0v) is 9.04. The van der Waals surface area contributed by atoms with E-state index in [0.29, 0.717) is 6.04 Å². The fourth-order valence-corrected chi connectivity index (χ4v) is 2.06. The van der Waals surface area contributed by atoms with Crippen LogP contribution in [0.4, 0.5) is 0 Å². The third kappa shape index (κ3) is 3.64. The molecule has 2 heteroatoms. The van der Waals surface area contributed by atoms with Crippen molar-refractivity contribution in [3.05, 3.63) is 25.3 Å². The van der Waals surface area contributed by atoms with Crippen LogP contribution in [0, 0.1) is 0 Å². The second-order valence-corrected chi connectivity index (χ2v) is 3.88. The Morgan fingerprint density at radius 2 is 1.86 bits per heavy atom. The van der Waals surface area contributed by atoms with Crippen molar-refractivity contribution < 1.29 is 0 Å². The molecule has 0 amide bonds. The summed E-state index contributed by atoms with van der Waals surface area (Å²) < 4.78 is 0. The highest BCUT2D eigenvalue weighted by Gasteiger charge is 2.19. The Balaban J connectivity index is 2.37. The molecule has 0 aromatic rings. The standard InChI is InChI=1S/C12H22N2/c1-3-10-13-14(11-4-2)12-8-6-5-7-9-12/h3-4,12-13H,1-2,5-11H2.